The molecule has 3 aliphatic rings. The van der Waals surface area contributed by atoms with Crippen LogP contribution in [0.15, 0.2) is 54.6 Å². The molecule has 6 atom stereocenters. The molecule has 0 bridgehead atoms. The Kier molecular flexibility index (Phi) is 5.83. The van der Waals surface area contributed by atoms with E-state index in [2.05, 4.69) is 0 Å². The molecule has 3 saturated heterocycles. The predicted molar refractivity (Wildman–Crippen MR) is 110 cm³/mol. The minimum Gasteiger partial charge on any atom is -0.386 e. The maximum atomic E-state index is 10.8. The lowest BCUT2D eigenvalue weighted by Crippen LogP contribution is -2.44. The van der Waals surface area contributed by atoms with Crippen molar-refractivity contribution in [2.24, 2.45) is 0 Å². The van der Waals surface area contributed by atoms with Gasteiger partial charge >= 0.3 is 0 Å². The molecule has 0 saturated carbocycles. The molecular weight excluding hydrogens is 400 g/mol. The van der Waals surface area contributed by atoms with Gasteiger partial charge in [0.2, 0.25) is 0 Å². The Bertz CT molecular complexity index is 887. The molecule has 5 rings (SSSR count). The first kappa shape index (κ1) is 21.0. The molecule has 31 heavy (non-hydrogen) atoms. The molecule has 7 nitrogen and oxygen atoms in total. The van der Waals surface area contributed by atoms with E-state index >= 15 is 0 Å². The third-order valence-corrected chi connectivity index (χ3v) is 5.78. The number of aliphatic hydroxyl groups excluding tert-OH is 1. The highest BCUT2D eigenvalue weighted by molar-refractivity contribution is 5.30. The normalized spacial score (nSPS) is 32.4. The highest BCUT2D eigenvalue weighted by atomic mass is 16.9. The van der Waals surface area contributed by atoms with Crippen molar-refractivity contribution in [2.75, 3.05) is 13.2 Å². The third kappa shape index (κ3) is 4.40. The highest BCUT2D eigenvalue weighted by Crippen LogP contribution is 2.43. The van der Waals surface area contributed by atoms with Crippen molar-refractivity contribution in [3.05, 3.63) is 71.3 Å². The smallest absolute Gasteiger partial charge is 0.190 e. The summed E-state index contributed by atoms with van der Waals surface area (Å²) in [6.45, 7) is 4.70. The number of hydrogen-bond acceptors (Lipinski definition) is 7. The molecule has 1 N–H and O–H groups in total. The monoisotopic (exact) mass is 428 g/mol. The van der Waals surface area contributed by atoms with E-state index in [1.165, 1.54) is 0 Å². The van der Waals surface area contributed by atoms with Crippen molar-refractivity contribution in [2.45, 2.75) is 63.2 Å². The maximum absolute atomic E-state index is 10.8. The average molecular weight is 428 g/mol. The minimum absolute atomic E-state index is 0.170. The predicted octanol–water partition coefficient (Wildman–Crippen LogP) is 3.23. The number of aliphatic hydroxyl groups is 1. The number of fused-ring (bicyclic) bond motifs is 3. The van der Waals surface area contributed by atoms with E-state index in [4.69, 9.17) is 28.4 Å². The molecule has 0 radical (unpaired) electrons. The van der Waals surface area contributed by atoms with E-state index in [1.807, 2.05) is 68.4 Å². The molecule has 166 valence electrons. The fourth-order valence-electron chi connectivity index (χ4n) is 4.35. The van der Waals surface area contributed by atoms with E-state index in [-0.39, 0.29) is 24.9 Å². The maximum Gasteiger partial charge on any atom is 0.190 e. The van der Waals surface area contributed by atoms with Crippen molar-refractivity contribution >= 4 is 0 Å². The number of rotatable bonds is 6. The van der Waals surface area contributed by atoms with E-state index in [1.54, 1.807) is 0 Å². The Hall–Kier alpha value is -1.84. The second-order valence-electron chi connectivity index (χ2n) is 8.55. The molecule has 7 heteroatoms. The van der Waals surface area contributed by atoms with Crippen LogP contribution < -0.4 is 0 Å². The first-order chi connectivity index (χ1) is 15.0. The van der Waals surface area contributed by atoms with Gasteiger partial charge in [0.25, 0.3) is 0 Å². The summed E-state index contributed by atoms with van der Waals surface area (Å²) in [5.41, 5.74) is 2.56. The summed E-state index contributed by atoms with van der Waals surface area (Å²) in [4.78, 5) is 0. The Labute approximate surface area is 181 Å². The SMILES string of the molecule is CC1(C)O[C@H]2O[C@@H]3CO[C@H](c4ccccc4[C@H](O)COCc4ccccc4)O[C@@H]3[C@H]2O1. The van der Waals surface area contributed by atoms with Crippen LogP contribution >= 0.6 is 0 Å². The first-order valence-electron chi connectivity index (χ1n) is 10.7. The fraction of sp³-hybridized carbons (Fsp3) is 0.500. The highest BCUT2D eigenvalue weighted by Gasteiger charge is 2.57. The van der Waals surface area contributed by atoms with Crippen LogP contribution in [-0.2, 0) is 35.0 Å². The van der Waals surface area contributed by atoms with Gasteiger partial charge in [0.15, 0.2) is 18.4 Å². The van der Waals surface area contributed by atoms with E-state index in [0.717, 1.165) is 16.7 Å². The summed E-state index contributed by atoms with van der Waals surface area (Å²) in [6, 6.07) is 17.4. The fourth-order valence-corrected chi connectivity index (χ4v) is 4.35. The largest absolute Gasteiger partial charge is 0.386 e. The van der Waals surface area contributed by atoms with Gasteiger partial charge in [0.1, 0.15) is 24.4 Å². The Balaban J connectivity index is 1.26. The van der Waals surface area contributed by atoms with E-state index in [9.17, 15) is 5.11 Å². The van der Waals surface area contributed by atoms with Crippen molar-refractivity contribution in [3.63, 3.8) is 0 Å². The standard InChI is InChI=1S/C24H28O7/c1-24(2)30-21-20-19(28-23(21)31-24)14-27-22(29-20)17-11-7-6-10-16(17)18(25)13-26-12-15-8-4-3-5-9-15/h3-11,18-23,25H,12-14H2,1-2H3/t18-,19-,20+,21-,22+,23-/m1/s1. The number of ether oxygens (including phenoxy) is 6. The lowest BCUT2D eigenvalue weighted by Gasteiger charge is -2.35. The molecule has 0 aliphatic carbocycles. The van der Waals surface area contributed by atoms with Gasteiger partial charge in [-0.15, -0.1) is 0 Å². The van der Waals surface area contributed by atoms with Gasteiger partial charge in [-0.1, -0.05) is 54.6 Å². The summed E-state index contributed by atoms with van der Waals surface area (Å²) >= 11 is 0. The van der Waals surface area contributed by atoms with Crippen LogP contribution in [0, 0.1) is 0 Å². The van der Waals surface area contributed by atoms with Gasteiger partial charge in [-0.05, 0) is 25.0 Å². The Morgan fingerprint density at radius 3 is 2.61 bits per heavy atom. The van der Waals surface area contributed by atoms with Crippen molar-refractivity contribution < 1.29 is 33.5 Å². The molecule has 3 heterocycles. The molecule has 0 aromatic heterocycles. The van der Waals surface area contributed by atoms with Crippen LogP contribution in [0.1, 0.15) is 42.9 Å². The molecule has 3 fully saturated rings. The van der Waals surface area contributed by atoms with Crippen LogP contribution in [0.3, 0.4) is 0 Å². The lowest BCUT2D eigenvalue weighted by molar-refractivity contribution is -0.285. The Morgan fingerprint density at radius 1 is 1.00 bits per heavy atom. The molecule has 3 aliphatic heterocycles. The molecule has 2 aromatic carbocycles. The lowest BCUT2D eigenvalue weighted by atomic mass is 10.0. The van der Waals surface area contributed by atoms with Crippen molar-refractivity contribution in [3.8, 4) is 0 Å². The minimum atomic E-state index is -0.803. The van der Waals surface area contributed by atoms with Gasteiger partial charge in [-0.25, -0.2) is 0 Å². The summed E-state index contributed by atoms with van der Waals surface area (Å²) in [7, 11) is 0. The van der Waals surface area contributed by atoms with E-state index in [0.29, 0.717) is 13.2 Å². The second kappa shape index (κ2) is 8.60. The van der Waals surface area contributed by atoms with E-state index < -0.39 is 24.5 Å². The van der Waals surface area contributed by atoms with Crippen LogP contribution in [0.5, 0.6) is 0 Å². The van der Waals surface area contributed by atoms with Crippen molar-refractivity contribution in [1.82, 2.24) is 0 Å². The zero-order valence-electron chi connectivity index (χ0n) is 17.7. The number of benzene rings is 2. The summed E-state index contributed by atoms with van der Waals surface area (Å²) < 4.78 is 35.7. The second-order valence-corrected chi connectivity index (χ2v) is 8.55. The van der Waals surface area contributed by atoms with Crippen LogP contribution in [-0.4, -0.2) is 48.7 Å². The first-order valence-corrected chi connectivity index (χ1v) is 10.7. The van der Waals surface area contributed by atoms with Gasteiger partial charge in [0, 0.05) is 5.56 Å². The van der Waals surface area contributed by atoms with Crippen molar-refractivity contribution in [1.29, 1.82) is 0 Å². The van der Waals surface area contributed by atoms with Gasteiger partial charge in [0.05, 0.1) is 19.8 Å². The summed E-state index contributed by atoms with van der Waals surface area (Å²) in [5.74, 6) is -0.707. The van der Waals surface area contributed by atoms with Gasteiger partial charge < -0.3 is 33.5 Å². The average Bonchev–Trinajstić information content (AvgIpc) is 3.25. The van der Waals surface area contributed by atoms with Crippen LogP contribution in [0.4, 0.5) is 0 Å². The molecule has 0 unspecified atom stereocenters. The number of hydrogen-bond donors (Lipinski definition) is 1. The van der Waals surface area contributed by atoms with Crippen LogP contribution in [0.2, 0.25) is 0 Å². The summed E-state index contributed by atoms with van der Waals surface area (Å²) in [5, 5.41) is 10.8. The zero-order chi connectivity index (χ0) is 21.4. The molecule has 0 amide bonds. The topological polar surface area (TPSA) is 75.6 Å². The molecule has 2 aromatic rings. The van der Waals surface area contributed by atoms with Gasteiger partial charge in [-0.2, -0.15) is 0 Å². The molecule has 0 spiro atoms. The third-order valence-electron chi connectivity index (χ3n) is 5.78. The zero-order valence-corrected chi connectivity index (χ0v) is 17.7. The van der Waals surface area contributed by atoms with Crippen LogP contribution in [0.25, 0.3) is 0 Å². The quantitative estimate of drug-likeness (QED) is 0.757. The molecular formula is C24H28O7. The van der Waals surface area contributed by atoms with Gasteiger partial charge in [-0.3, -0.25) is 0 Å². The summed E-state index contributed by atoms with van der Waals surface area (Å²) in [6.07, 6.45) is -2.74. The Morgan fingerprint density at radius 2 is 1.77 bits per heavy atom.